The van der Waals surface area contributed by atoms with Gasteiger partial charge in [0, 0.05) is 57.6 Å². The van der Waals surface area contributed by atoms with Gasteiger partial charge in [-0.1, -0.05) is 32.5 Å². The minimum Gasteiger partial charge on any atom is -0.377 e. The number of methoxy groups -OCH3 is 1. The number of alkyl halides is 2. The largest absolute Gasteiger partial charge is 0.377 e. The molecular weight excluding hydrogens is 436 g/mol. The molecule has 8 nitrogen and oxygen atoms in total. The van der Waals surface area contributed by atoms with Crippen molar-refractivity contribution in [3.05, 3.63) is 23.4 Å². The summed E-state index contributed by atoms with van der Waals surface area (Å²) < 4.78 is 33.8. The van der Waals surface area contributed by atoms with Crippen LogP contribution >= 0.6 is 11.8 Å². The first-order valence-electron chi connectivity index (χ1n) is 10.8. The third kappa shape index (κ3) is 6.35. The molecule has 1 aliphatic rings. The Morgan fingerprint density at radius 1 is 1.12 bits per heavy atom. The summed E-state index contributed by atoms with van der Waals surface area (Å²) in [6.07, 6.45) is -1.56. The first-order chi connectivity index (χ1) is 15.2. The van der Waals surface area contributed by atoms with Gasteiger partial charge in [0.05, 0.1) is 0 Å². The molecule has 32 heavy (non-hydrogen) atoms. The van der Waals surface area contributed by atoms with Crippen molar-refractivity contribution < 1.29 is 13.5 Å². The van der Waals surface area contributed by atoms with Gasteiger partial charge in [-0.25, -0.2) is 18.7 Å². The van der Waals surface area contributed by atoms with Crippen molar-refractivity contribution in [2.45, 2.75) is 50.8 Å². The molecule has 0 N–H and O–H groups in total. The van der Waals surface area contributed by atoms with Crippen LogP contribution in [0.2, 0.25) is 0 Å². The minimum absolute atomic E-state index is 0.197. The molecule has 178 valence electrons. The number of hydrogen-bond acceptors (Lipinski definition) is 8. The summed E-state index contributed by atoms with van der Waals surface area (Å²) in [5.41, 5.74) is -0.580. The highest BCUT2D eigenvalue weighted by atomic mass is 32.2. The standard InChI is InChI=1S/C21H33F2N7OS/c1-21(2,3)19-24-15(18(22)23)13-16(25-19)30-10-8-29(9-11-30)7-6-12-32-20-27-26-17(14-31-5)28(20)4/h13,18H,6-12,14H2,1-5H3. The van der Waals surface area contributed by atoms with Gasteiger partial charge < -0.3 is 14.2 Å². The van der Waals surface area contributed by atoms with Crippen LogP contribution in [0.5, 0.6) is 0 Å². The van der Waals surface area contributed by atoms with Gasteiger partial charge in [-0.15, -0.1) is 10.2 Å². The zero-order chi connectivity index (χ0) is 23.3. The van der Waals surface area contributed by atoms with E-state index in [1.165, 1.54) is 6.07 Å². The van der Waals surface area contributed by atoms with Crippen molar-refractivity contribution in [2.75, 3.05) is 50.5 Å². The minimum atomic E-state index is -2.60. The Labute approximate surface area is 192 Å². The Morgan fingerprint density at radius 3 is 2.47 bits per heavy atom. The molecule has 0 spiro atoms. The first kappa shape index (κ1) is 24.8. The molecule has 0 aliphatic carbocycles. The summed E-state index contributed by atoms with van der Waals surface area (Å²) in [7, 11) is 3.60. The number of hydrogen-bond donors (Lipinski definition) is 0. The fraction of sp³-hybridized carbons (Fsp3) is 0.714. The second kappa shape index (κ2) is 10.8. The highest BCUT2D eigenvalue weighted by Crippen LogP contribution is 2.27. The molecule has 1 fully saturated rings. The van der Waals surface area contributed by atoms with E-state index in [0.717, 1.165) is 55.9 Å². The van der Waals surface area contributed by atoms with E-state index >= 15 is 0 Å². The van der Waals surface area contributed by atoms with Crippen molar-refractivity contribution in [2.24, 2.45) is 7.05 Å². The smallest absolute Gasteiger partial charge is 0.280 e. The molecule has 2 aromatic heterocycles. The molecule has 3 heterocycles. The lowest BCUT2D eigenvalue weighted by atomic mass is 9.95. The van der Waals surface area contributed by atoms with Gasteiger partial charge in [-0.2, -0.15) is 0 Å². The SMILES string of the molecule is COCc1nnc(SCCCN2CCN(c3cc(C(F)F)nc(C(C)(C)C)n3)CC2)n1C. The van der Waals surface area contributed by atoms with Crippen LogP contribution < -0.4 is 4.90 Å². The molecule has 0 amide bonds. The van der Waals surface area contributed by atoms with Crippen LogP contribution in [0.25, 0.3) is 0 Å². The third-order valence-corrected chi connectivity index (χ3v) is 6.48. The van der Waals surface area contributed by atoms with Crippen molar-refractivity contribution >= 4 is 17.6 Å². The van der Waals surface area contributed by atoms with Gasteiger partial charge in [0.25, 0.3) is 6.43 Å². The van der Waals surface area contributed by atoms with Crippen LogP contribution in [0.1, 0.15) is 51.0 Å². The van der Waals surface area contributed by atoms with Crippen LogP contribution in [0.15, 0.2) is 11.2 Å². The van der Waals surface area contributed by atoms with E-state index in [9.17, 15) is 8.78 Å². The fourth-order valence-electron chi connectivity index (χ4n) is 3.44. The van der Waals surface area contributed by atoms with E-state index in [2.05, 4.69) is 30.0 Å². The molecule has 1 aliphatic heterocycles. The summed E-state index contributed by atoms with van der Waals surface area (Å²) in [5.74, 6) is 2.84. The fourth-order valence-corrected chi connectivity index (χ4v) is 4.29. The van der Waals surface area contributed by atoms with Crippen molar-refractivity contribution in [1.29, 1.82) is 0 Å². The quantitative estimate of drug-likeness (QED) is 0.409. The molecule has 2 aromatic rings. The number of ether oxygens (including phenoxy) is 1. The summed E-state index contributed by atoms with van der Waals surface area (Å²) in [5, 5.41) is 9.26. The zero-order valence-electron chi connectivity index (χ0n) is 19.5. The number of thioether (sulfide) groups is 1. The number of halogens is 2. The predicted molar refractivity (Wildman–Crippen MR) is 121 cm³/mol. The summed E-state index contributed by atoms with van der Waals surface area (Å²) in [6.45, 7) is 10.6. The van der Waals surface area contributed by atoms with Crippen molar-refractivity contribution in [3.63, 3.8) is 0 Å². The zero-order valence-corrected chi connectivity index (χ0v) is 20.3. The number of nitrogens with zero attached hydrogens (tertiary/aromatic N) is 7. The second-order valence-corrected chi connectivity index (χ2v) is 10.0. The highest BCUT2D eigenvalue weighted by molar-refractivity contribution is 7.99. The number of aromatic nitrogens is 5. The van der Waals surface area contributed by atoms with E-state index in [0.29, 0.717) is 18.2 Å². The predicted octanol–water partition coefficient (Wildman–Crippen LogP) is 3.29. The van der Waals surface area contributed by atoms with Crippen LogP contribution in [0.3, 0.4) is 0 Å². The average molecular weight is 470 g/mol. The lowest BCUT2D eigenvalue weighted by molar-refractivity contribution is 0.145. The normalized spacial score (nSPS) is 15.7. The molecule has 11 heteroatoms. The topological polar surface area (TPSA) is 72.2 Å². The van der Waals surface area contributed by atoms with E-state index in [1.54, 1.807) is 18.9 Å². The monoisotopic (exact) mass is 469 g/mol. The van der Waals surface area contributed by atoms with Crippen LogP contribution in [0.4, 0.5) is 14.6 Å². The van der Waals surface area contributed by atoms with E-state index in [-0.39, 0.29) is 11.1 Å². The molecule has 1 saturated heterocycles. The molecule has 0 aromatic carbocycles. The molecule has 0 saturated carbocycles. The van der Waals surface area contributed by atoms with Crippen molar-refractivity contribution in [3.8, 4) is 0 Å². The van der Waals surface area contributed by atoms with Gasteiger partial charge in [0.2, 0.25) is 0 Å². The Hall–Kier alpha value is -1.85. The maximum absolute atomic E-state index is 13.4. The van der Waals surface area contributed by atoms with E-state index < -0.39 is 6.43 Å². The van der Waals surface area contributed by atoms with Crippen molar-refractivity contribution in [1.82, 2.24) is 29.6 Å². The van der Waals surface area contributed by atoms with Gasteiger partial charge >= 0.3 is 0 Å². The lowest BCUT2D eigenvalue weighted by Crippen LogP contribution is -2.47. The lowest BCUT2D eigenvalue weighted by Gasteiger charge is -2.36. The summed E-state index contributed by atoms with van der Waals surface area (Å²) in [4.78, 5) is 13.2. The molecule has 0 atom stereocenters. The number of rotatable bonds is 9. The maximum Gasteiger partial charge on any atom is 0.280 e. The molecule has 3 rings (SSSR count). The average Bonchev–Trinajstić information content (AvgIpc) is 3.10. The summed E-state index contributed by atoms with van der Waals surface area (Å²) in [6, 6.07) is 1.44. The maximum atomic E-state index is 13.4. The Balaban J connectivity index is 1.48. The van der Waals surface area contributed by atoms with E-state index in [1.807, 2.05) is 32.4 Å². The second-order valence-electron chi connectivity index (χ2n) is 8.95. The summed E-state index contributed by atoms with van der Waals surface area (Å²) >= 11 is 1.70. The van der Waals surface area contributed by atoms with Crippen LogP contribution in [0, 0.1) is 0 Å². The van der Waals surface area contributed by atoms with Crippen LogP contribution in [-0.2, 0) is 23.8 Å². The number of piperazine rings is 1. The van der Waals surface area contributed by atoms with Crippen LogP contribution in [-0.4, -0.2) is 75.2 Å². The third-order valence-electron chi connectivity index (χ3n) is 5.37. The Kier molecular flexibility index (Phi) is 8.40. The van der Waals surface area contributed by atoms with Gasteiger partial charge in [0.15, 0.2) is 11.0 Å². The van der Waals surface area contributed by atoms with E-state index in [4.69, 9.17) is 4.74 Å². The Bertz CT molecular complexity index is 880. The molecule has 0 bridgehead atoms. The molecule has 0 unspecified atom stereocenters. The number of anilines is 1. The molecule has 0 radical (unpaired) electrons. The molecular formula is C21H33F2N7OS. The van der Waals surface area contributed by atoms with Gasteiger partial charge in [-0.3, -0.25) is 4.90 Å². The van der Waals surface area contributed by atoms with Gasteiger partial charge in [0.1, 0.15) is 23.9 Å². The van der Waals surface area contributed by atoms with Gasteiger partial charge in [-0.05, 0) is 13.0 Å². The Morgan fingerprint density at radius 2 is 1.84 bits per heavy atom. The highest BCUT2D eigenvalue weighted by Gasteiger charge is 2.25. The first-order valence-corrected chi connectivity index (χ1v) is 11.8.